The van der Waals surface area contributed by atoms with Crippen molar-refractivity contribution in [1.29, 1.82) is 0 Å². The van der Waals surface area contributed by atoms with Gasteiger partial charge in [-0.15, -0.1) is 0 Å². The monoisotopic (exact) mass is 346 g/mol. The molecule has 10 nitrogen and oxygen atoms in total. The van der Waals surface area contributed by atoms with E-state index in [9.17, 15) is 19.2 Å². The Labute approximate surface area is 140 Å². The molecule has 0 heterocycles. The molecule has 0 rings (SSSR count). The molecule has 0 aliphatic rings. The Kier molecular flexibility index (Phi) is 8.93. The largest absolute Gasteiger partial charge is 0.480 e. The van der Waals surface area contributed by atoms with Crippen molar-refractivity contribution in [2.75, 3.05) is 33.7 Å². The number of carbonyl (C=O) groups is 4. The van der Waals surface area contributed by atoms with Crippen molar-refractivity contribution in [2.45, 2.75) is 31.8 Å². The first-order valence-electron chi connectivity index (χ1n) is 7.36. The van der Waals surface area contributed by atoms with Gasteiger partial charge in [-0.3, -0.25) is 24.1 Å². The number of likely N-dealkylation sites (N-methyl/N-ethyl adjacent to an activating group) is 2. The van der Waals surface area contributed by atoms with Crippen molar-refractivity contribution in [1.82, 2.24) is 20.9 Å². The molecule has 0 spiro atoms. The van der Waals surface area contributed by atoms with Crippen LogP contribution in [0.4, 0.5) is 0 Å². The molecule has 0 aliphatic carbocycles. The lowest BCUT2D eigenvalue weighted by molar-refractivity contribution is -0.142. The van der Waals surface area contributed by atoms with Crippen LogP contribution in [-0.2, 0) is 19.2 Å². The molecule has 1 atom stereocenters. The number of nitrogens with one attached hydrogen (secondary N) is 3. The van der Waals surface area contributed by atoms with E-state index in [2.05, 4.69) is 16.0 Å². The van der Waals surface area contributed by atoms with Gasteiger partial charge in [-0.2, -0.15) is 0 Å². The number of nitrogens with zero attached hydrogens (tertiary/aromatic N) is 1. The molecule has 10 heteroatoms. The molecule has 0 saturated heterocycles. The highest BCUT2D eigenvalue weighted by atomic mass is 16.4. The number of amides is 2. The van der Waals surface area contributed by atoms with Crippen molar-refractivity contribution in [3.63, 3.8) is 0 Å². The molecule has 0 aliphatic heterocycles. The van der Waals surface area contributed by atoms with Crippen LogP contribution in [0.5, 0.6) is 0 Å². The summed E-state index contributed by atoms with van der Waals surface area (Å²) >= 11 is 0. The van der Waals surface area contributed by atoms with E-state index in [1.165, 1.54) is 7.05 Å². The highest BCUT2D eigenvalue weighted by molar-refractivity contribution is 5.83. The fraction of sp³-hybridized carbons (Fsp3) is 0.714. The van der Waals surface area contributed by atoms with Crippen molar-refractivity contribution < 1.29 is 29.4 Å². The lowest BCUT2D eigenvalue weighted by Crippen LogP contribution is -2.54. The number of carbonyl (C=O) groups excluding carboxylic acids is 2. The molecule has 0 bridgehead atoms. The molecule has 0 saturated carbocycles. The molecule has 0 fully saturated rings. The first kappa shape index (κ1) is 21.8. The van der Waals surface area contributed by atoms with Crippen LogP contribution in [-0.4, -0.2) is 84.2 Å². The van der Waals surface area contributed by atoms with Crippen molar-refractivity contribution in [3.8, 4) is 0 Å². The number of aliphatic carboxylic acids is 2. The third kappa shape index (κ3) is 9.06. The molecular formula is C14H26N4O6. The van der Waals surface area contributed by atoms with E-state index >= 15 is 0 Å². The Balaban J connectivity index is 4.76. The van der Waals surface area contributed by atoms with E-state index in [1.807, 2.05) is 0 Å². The van der Waals surface area contributed by atoms with Gasteiger partial charge in [-0.05, 0) is 27.3 Å². The summed E-state index contributed by atoms with van der Waals surface area (Å²) in [5.41, 5.74) is -0.755. The number of hydrogen-bond donors (Lipinski definition) is 5. The third-order valence-electron chi connectivity index (χ3n) is 3.19. The highest BCUT2D eigenvalue weighted by Crippen LogP contribution is 2.12. The van der Waals surface area contributed by atoms with Crippen LogP contribution >= 0.6 is 0 Å². The van der Waals surface area contributed by atoms with Crippen molar-refractivity contribution in [3.05, 3.63) is 0 Å². The zero-order chi connectivity index (χ0) is 18.9. The molecule has 0 aromatic carbocycles. The van der Waals surface area contributed by atoms with Gasteiger partial charge in [0, 0.05) is 12.6 Å². The molecule has 138 valence electrons. The quantitative estimate of drug-likeness (QED) is 0.291. The maximum atomic E-state index is 12.1. The molecular weight excluding hydrogens is 320 g/mol. The lowest BCUT2D eigenvalue weighted by Gasteiger charge is -2.31. The number of hydrogen-bond acceptors (Lipinski definition) is 6. The topological polar surface area (TPSA) is 148 Å². The van der Waals surface area contributed by atoms with Crippen LogP contribution in [0.25, 0.3) is 0 Å². The standard InChI is InChI=1S/C14H26N4O6/c1-14(2,5-9(15-3)13(24)16-4)17-10(19)6-18(7-11(20)21)8-12(22)23/h9,15H,5-8H2,1-4H3,(H,16,24)(H,17,19)(H,20,21)(H,22,23). The van der Waals surface area contributed by atoms with Crippen LogP contribution in [0, 0.1) is 0 Å². The summed E-state index contributed by atoms with van der Waals surface area (Å²) in [5, 5.41) is 25.6. The smallest absolute Gasteiger partial charge is 0.317 e. The van der Waals surface area contributed by atoms with E-state index < -0.39 is 42.5 Å². The number of carboxylic acids is 2. The Morgan fingerprint density at radius 2 is 1.50 bits per heavy atom. The minimum Gasteiger partial charge on any atom is -0.480 e. The fourth-order valence-electron chi connectivity index (χ4n) is 2.23. The van der Waals surface area contributed by atoms with Gasteiger partial charge in [0.25, 0.3) is 0 Å². The first-order chi connectivity index (χ1) is 11.0. The molecule has 24 heavy (non-hydrogen) atoms. The van der Waals surface area contributed by atoms with Gasteiger partial charge in [-0.1, -0.05) is 0 Å². The molecule has 0 aromatic heterocycles. The van der Waals surface area contributed by atoms with E-state index in [-0.39, 0.29) is 12.5 Å². The predicted octanol–water partition coefficient (Wildman–Crippen LogP) is -1.92. The van der Waals surface area contributed by atoms with Crippen LogP contribution < -0.4 is 16.0 Å². The Hall–Kier alpha value is -2.20. The van der Waals surface area contributed by atoms with E-state index in [0.717, 1.165) is 4.90 Å². The van der Waals surface area contributed by atoms with Crippen molar-refractivity contribution in [2.24, 2.45) is 0 Å². The lowest BCUT2D eigenvalue weighted by atomic mass is 9.94. The van der Waals surface area contributed by atoms with Gasteiger partial charge < -0.3 is 26.2 Å². The first-order valence-corrected chi connectivity index (χ1v) is 7.36. The summed E-state index contributed by atoms with van der Waals surface area (Å²) in [7, 11) is 3.13. The van der Waals surface area contributed by atoms with Gasteiger partial charge in [0.05, 0.1) is 25.7 Å². The Bertz CT molecular complexity index is 464. The van der Waals surface area contributed by atoms with E-state index in [4.69, 9.17) is 10.2 Å². The van der Waals surface area contributed by atoms with Crippen LogP contribution in [0.15, 0.2) is 0 Å². The summed E-state index contributed by atoms with van der Waals surface area (Å²) in [6, 6.07) is -0.514. The average molecular weight is 346 g/mol. The molecule has 5 N–H and O–H groups in total. The zero-order valence-corrected chi connectivity index (χ0v) is 14.4. The molecule has 0 aromatic rings. The summed E-state index contributed by atoms with van der Waals surface area (Å²) in [4.78, 5) is 46.3. The summed E-state index contributed by atoms with van der Waals surface area (Å²) in [6.07, 6.45) is 0.298. The second-order valence-corrected chi connectivity index (χ2v) is 6.02. The van der Waals surface area contributed by atoms with Crippen molar-refractivity contribution >= 4 is 23.8 Å². The highest BCUT2D eigenvalue weighted by Gasteiger charge is 2.28. The predicted molar refractivity (Wildman–Crippen MR) is 85.5 cm³/mol. The Morgan fingerprint density at radius 3 is 1.88 bits per heavy atom. The second kappa shape index (κ2) is 9.83. The molecule has 1 unspecified atom stereocenters. The van der Waals surface area contributed by atoms with Crippen LogP contribution in [0.2, 0.25) is 0 Å². The summed E-state index contributed by atoms with van der Waals surface area (Å²) in [5.74, 6) is -3.19. The van der Waals surface area contributed by atoms with E-state index in [1.54, 1.807) is 20.9 Å². The normalized spacial score (nSPS) is 12.5. The Morgan fingerprint density at radius 1 is 1.00 bits per heavy atom. The van der Waals surface area contributed by atoms with Gasteiger partial charge in [0.15, 0.2) is 0 Å². The molecule has 0 radical (unpaired) electrons. The number of carboxylic acid groups (broad SMARTS) is 2. The number of rotatable bonds is 11. The summed E-state index contributed by atoms with van der Waals surface area (Å²) < 4.78 is 0. The third-order valence-corrected chi connectivity index (χ3v) is 3.19. The SMILES string of the molecule is CNC(=O)C(CC(C)(C)NC(=O)CN(CC(=O)O)CC(=O)O)NC. The van der Waals surface area contributed by atoms with E-state index in [0.29, 0.717) is 6.42 Å². The zero-order valence-electron chi connectivity index (χ0n) is 14.4. The second-order valence-electron chi connectivity index (χ2n) is 6.02. The minimum atomic E-state index is -1.22. The maximum Gasteiger partial charge on any atom is 0.317 e. The van der Waals surface area contributed by atoms with Crippen LogP contribution in [0.1, 0.15) is 20.3 Å². The van der Waals surface area contributed by atoms with Gasteiger partial charge in [-0.25, -0.2) is 0 Å². The average Bonchev–Trinajstić information content (AvgIpc) is 2.41. The van der Waals surface area contributed by atoms with Gasteiger partial charge in [0.2, 0.25) is 11.8 Å². The summed E-state index contributed by atoms with van der Waals surface area (Å²) in [6.45, 7) is 1.95. The maximum absolute atomic E-state index is 12.1. The minimum absolute atomic E-state index is 0.224. The van der Waals surface area contributed by atoms with Gasteiger partial charge >= 0.3 is 11.9 Å². The van der Waals surface area contributed by atoms with Crippen LogP contribution in [0.3, 0.4) is 0 Å². The van der Waals surface area contributed by atoms with Gasteiger partial charge in [0.1, 0.15) is 0 Å². The molecule has 2 amide bonds. The fourth-order valence-corrected chi connectivity index (χ4v) is 2.23.